The monoisotopic (exact) mass is 191 g/mol. The average molecular weight is 191 g/mol. The predicted molar refractivity (Wildman–Crippen MR) is 57.7 cm³/mol. The van der Waals surface area contributed by atoms with Crippen molar-refractivity contribution in [1.82, 2.24) is 5.32 Å². The summed E-state index contributed by atoms with van der Waals surface area (Å²) in [5.41, 5.74) is 1.26. The van der Waals surface area contributed by atoms with Gasteiger partial charge in [-0.15, -0.1) is 0 Å². The minimum atomic E-state index is 0.352. The van der Waals surface area contributed by atoms with Gasteiger partial charge in [0.1, 0.15) is 11.9 Å². The van der Waals surface area contributed by atoms with Crippen LogP contribution in [0.2, 0.25) is 0 Å². The second kappa shape index (κ2) is 4.47. The van der Waals surface area contributed by atoms with Gasteiger partial charge in [0.05, 0.1) is 0 Å². The summed E-state index contributed by atoms with van der Waals surface area (Å²) in [6.45, 7) is 4.20. The van der Waals surface area contributed by atoms with Gasteiger partial charge in [0.2, 0.25) is 0 Å². The number of ether oxygens (including phenoxy) is 1. The SMILES string of the molecule is Cc1cccc(O[C@H]2CCCNC2)c1. The summed E-state index contributed by atoms with van der Waals surface area (Å²) in [5, 5.41) is 3.34. The molecule has 1 heterocycles. The molecule has 1 atom stereocenters. The average Bonchev–Trinajstić information content (AvgIpc) is 2.19. The highest BCUT2D eigenvalue weighted by Crippen LogP contribution is 2.16. The van der Waals surface area contributed by atoms with Crippen LogP contribution in [0.5, 0.6) is 5.75 Å². The lowest BCUT2D eigenvalue weighted by Gasteiger charge is -2.24. The van der Waals surface area contributed by atoms with Crippen LogP contribution in [-0.4, -0.2) is 19.2 Å². The molecule has 2 rings (SSSR count). The summed E-state index contributed by atoms with van der Waals surface area (Å²) in [4.78, 5) is 0. The quantitative estimate of drug-likeness (QED) is 0.773. The van der Waals surface area contributed by atoms with Crippen molar-refractivity contribution in [3.63, 3.8) is 0 Å². The van der Waals surface area contributed by atoms with E-state index in [1.807, 2.05) is 12.1 Å². The van der Waals surface area contributed by atoms with E-state index in [2.05, 4.69) is 24.4 Å². The van der Waals surface area contributed by atoms with Gasteiger partial charge in [0.25, 0.3) is 0 Å². The van der Waals surface area contributed by atoms with Crippen LogP contribution >= 0.6 is 0 Å². The summed E-state index contributed by atoms with van der Waals surface area (Å²) in [5.74, 6) is 0.999. The van der Waals surface area contributed by atoms with Crippen molar-refractivity contribution in [1.29, 1.82) is 0 Å². The van der Waals surface area contributed by atoms with E-state index in [9.17, 15) is 0 Å². The maximum Gasteiger partial charge on any atom is 0.120 e. The first-order valence-corrected chi connectivity index (χ1v) is 5.28. The van der Waals surface area contributed by atoms with Gasteiger partial charge < -0.3 is 10.1 Å². The van der Waals surface area contributed by atoms with Crippen LogP contribution in [0.15, 0.2) is 24.3 Å². The Morgan fingerprint density at radius 3 is 3.07 bits per heavy atom. The van der Waals surface area contributed by atoms with Gasteiger partial charge >= 0.3 is 0 Å². The Morgan fingerprint density at radius 1 is 1.43 bits per heavy atom. The van der Waals surface area contributed by atoms with Gasteiger partial charge in [-0.05, 0) is 44.0 Å². The zero-order valence-corrected chi connectivity index (χ0v) is 8.62. The van der Waals surface area contributed by atoms with Crippen molar-refractivity contribution in [2.24, 2.45) is 0 Å². The normalized spacial score (nSPS) is 21.9. The number of hydrogen-bond acceptors (Lipinski definition) is 2. The Hall–Kier alpha value is -1.02. The molecule has 0 aromatic heterocycles. The van der Waals surface area contributed by atoms with E-state index in [1.165, 1.54) is 18.4 Å². The fraction of sp³-hybridized carbons (Fsp3) is 0.500. The van der Waals surface area contributed by atoms with E-state index in [4.69, 9.17) is 4.74 Å². The minimum absolute atomic E-state index is 0.352. The third-order valence-corrected chi connectivity index (χ3v) is 2.54. The second-order valence-electron chi connectivity index (χ2n) is 3.90. The van der Waals surface area contributed by atoms with Crippen molar-refractivity contribution < 1.29 is 4.74 Å². The molecule has 0 bridgehead atoms. The van der Waals surface area contributed by atoms with Gasteiger partial charge in [-0.2, -0.15) is 0 Å². The Labute approximate surface area is 85.3 Å². The number of benzene rings is 1. The Balaban J connectivity index is 1.95. The molecule has 1 fully saturated rings. The molecule has 1 saturated heterocycles. The van der Waals surface area contributed by atoms with Crippen LogP contribution in [0, 0.1) is 6.92 Å². The largest absolute Gasteiger partial charge is 0.489 e. The third kappa shape index (κ3) is 2.48. The molecule has 1 aromatic carbocycles. The molecule has 1 aliphatic rings. The van der Waals surface area contributed by atoms with Gasteiger partial charge in [-0.1, -0.05) is 12.1 Å². The highest BCUT2D eigenvalue weighted by atomic mass is 16.5. The molecule has 2 heteroatoms. The van der Waals surface area contributed by atoms with Crippen molar-refractivity contribution in [2.45, 2.75) is 25.9 Å². The molecule has 0 aliphatic carbocycles. The fourth-order valence-corrected chi connectivity index (χ4v) is 1.80. The molecule has 1 aromatic rings. The molecule has 0 amide bonds. The zero-order valence-electron chi connectivity index (χ0n) is 8.62. The van der Waals surface area contributed by atoms with Gasteiger partial charge in [0, 0.05) is 6.54 Å². The molecule has 76 valence electrons. The summed E-state index contributed by atoms with van der Waals surface area (Å²) in [7, 11) is 0. The van der Waals surface area contributed by atoms with Gasteiger partial charge in [0.15, 0.2) is 0 Å². The van der Waals surface area contributed by atoms with E-state index >= 15 is 0 Å². The van der Waals surface area contributed by atoms with E-state index in [-0.39, 0.29) is 0 Å². The first-order valence-electron chi connectivity index (χ1n) is 5.28. The molecule has 0 radical (unpaired) electrons. The number of nitrogens with one attached hydrogen (secondary N) is 1. The lowest BCUT2D eigenvalue weighted by atomic mass is 10.1. The molecule has 0 saturated carbocycles. The lowest BCUT2D eigenvalue weighted by molar-refractivity contribution is 0.167. The summed E-state index contributed by atoms with van der Waals surface area (Å²) < 4.78 is 5.87. The highest BCUT2D eigenvalue weighted by Gasteiger charge is 2.13. The van der Waals surface area contributed by atoms with Crippen LogP contribution in [0.4, 0.5) is 0 Å². The maximum absolute atomic E-state index is 5.87. The first-order chi connectivity index (χ1) is 6.84. The number of rotatable bonds is 2. The highest BCUT2D eigenvalue weighted by molar-refractivity contribution is 5.27. The zero-order chi connectivity index (χ0) is 9.80. The molecule has 0 spiro atoms. The van der Waals surface area contributed by atoms with Crippen LogP contribution < -0.4 is 10.1 Å². The van der Waals surface area contributed by atoms with Crippen LogP contribution in [0.3, 0.4) is 0 Å². The fourth-order valence-electron chi connectivity index (χ4n) is 1.80. The van der Waals surface area contributed by atoms with Crippen molar-refractivity contribution in [3.8, 4) is 5.75 Å². The van der Waals surface area contributed by atoms with E-state index in [1.54, 1.807) is 0 Å². The second-order valence-corrected chi connectivity index (χ2v) is 3.90. The van der Waals surface area contributed by atoms with E-state index < -0.39 is 0 Å². The standard InChI is InChI=1S/C12H17NO/c1-10-4-2-5-11(8-10)14-12-6-3-7-13-9-12/h2,4-5,8,12-13H,3,6-7,9H2,1H3/t12-/m0/s1. The molecule has 14 heavy (non-hydrogen) atoms. The minimum Gasteiger partial charge on any atom is -0.489 e. The summed E-state index contributed by atoms with van der Waals surface area (Å²) in [6, 6.07) is 8.25. The Kier molecular flexibility index (Phi) is 3.04. The third-order valence-electron chi connectivity index (χ3n) is 2.54. The van der Waals surface area contributed by atoms with Gasteiger partial charge in [-0.25, -0.2) is 0 Å². The smallest absolute Gasteiger partial charge is 0.120 e. The van der Waals surface area contributed by atoms with Gasteiger partial charge in [-0.3, -0.25) is 0 Å². The topological polar surface area (TPSA) is 21.3 Å². The molecule has 2 nitrogen and oxygen atoms in total. The number of aryl methyl sites for hydroxylation is 1. The van der Waals surface area contributed by atoms with Crippen molar-refractivity contribution in [3.05, 3.63) is 29.8 Å². The van der Waals surface area contributed by atoms with E-state index in [0.717, 1.165) is 18.8 Å². The van der Waals surface area contributed by atoms with Crippen LogP contribution in [0.25, 0.3) is 0 Å². The number of hydrogen-bond donors (Lipinski definition) is 1. The van der Waals surface area contributed by atoms with Crippen LogP contribution in [0.1, 0.15) is 18.4 Å². The summed E-state index contributed by atoms with van der Waals surface area (Å²) in [6.07, 6.45) is 2.74. The van der Waals surface area contributed by atoms with E-state index in [0.29, 0.717) is 6.10 Å². The molecule has 0 unspecified atom stereocenters. The Bertz CT molecular complexity index is 292. The lowest BCUT2D eigenvalue weighted by Crippen LogP contribution is -2.37. The Morgan fingerprint density at radius 2 is 2.36 bits per heavy atom. The molecular weight excluding hydrogens is 174 g/mol. The molecular formula is C12H17NO. The first kappa shape index (κ1) is 9.53. The maximum atomic E-state index is 5.87. The molecule has 1 N–H and O–H groups in total. The summed E-state index contributed by atoms with van der Waals surface area (Å²) >= 11 is 0. The predicted octanol–water partition coefficient (Wildman–Crippen LogP) is 2.13. The van der Waals surface area contributed by atoms with Crippen molar-refractivity contribution >= 4 is 0 Å². The van der Waals surface area contributed by atoms with Crippen molar-refractivity contribution in [2.75, 3.05) is 13.1 Å². The number of piperidine rings is 1. The molecule has 1 aliphatic heterocycles. The van der Waals surface area contributed by atoms with Crippen LogP contribution in [-0.2, 0) is 0 Å².